The average molecular weight is 408 g/mol. The summed E-state index contributed by atoms with van der Waals surface area (Å²) in [5.41, 5.74) is 1.40. The van der Waals surface area contributed by atoms with Gasteiger partial charge in [-0.15, -0.1) is 0 Å². The maximum absolute atomic E-state index is 12.8. The smallest absolute Gasteiger partial charge is 0.274 e. The SMILES string of the molecule is Cc1cc(C(=O)N2C[C@@H]3OCC(Oc4cccc5cnccc45)CO[C@H]3C2)nn1C. The van der Waals surface area contributed by atoms with Gasteiger partial charge >= 0.3 is 0 Å². The minimum atomic E-state index is -0.211. The fourth-order valence-electron chi connectivity index (χ4n) is 4.01. The van der Waals surface area contributed by atoms with Crippen LogP contribution in [0.3, 0.4) is 0 Å². The molecular weight excluding hydrogens is 384 g/mol. The van der Waals surface area contributed by atoms with Crippen LogP contribution in [0.2, 0.25) is 0 Å². The number of benzene rings is 1. The van der Waals surface area contributed by atoms with Crippen molar-refractivity contribution in [2.45, 2.75) is 25.2 Å². The van der Waals surface area contributed by atoms with Crippen molar-refractivity contribution in [2.75, 3.05) is 26.3 Å². The van der Waals surface area contributed by atoms with Gasteiger partial charge in [0.2, 0.25) is 0 Å². The number of nitrogens with zero attached hydrogens (tertiary/aromatic N) is 4. The van der Waals surface area contributed by atoms with E-state index in [9.17, 15) is 4.79 Å². The third-order valence-corrected chi connectivity index (χ3v) is 5.76. The van der Waals surface area contributed by atoms with Crippen molar-refractivity contribution in [1.82, 2.24) is 19.7 Å². The molecule has 0 unspecified atom stereocenters. The maximum Gasteiger partial charge on any atom is 0.274 e. The lowest BCUT2D eigenvalue weighted by Gasteiger charge is -2.20. The van der Waals surface area contributed by atoms with Crippen molar-refractivity contribution in [1.29, 1.82) is 0 Å². The van der Waals surface area contributed by atoms with Crippen LogP contribution in [-0.2, 0) is 16.5 Å². The Morgan fingerprint density at radius 1 is 1.17 bits per heavy atom. The molecule has 0 bridgehead atoms. The summed E-state index contributed by atoms with van der Waals surface area (Å²) >= 11 is 0. The van der Waals surface area contributed by atoms with Gasteiger partial charge in [0.1, 0.15) is 24.1 Å². The Morgan fingerprint density at radius 2 is 1.93 bits per heavy atom. The number of aromatic nitrogens is 3. The molecule has 1 aromatic carbocycles. The summed E-state index contributed by atoms with van der Waals surface area (Å²) in [6, 6.07) is 9.66. The number of carbonyl (C=O) groups excluding carboxylic acids is 1. The third-order valence-electron chi connectivity index (χ3n) is 5.76. The van der Waals surface area contributed by atoms with Gasteiger partial charge in [0, 0.05) is 49.0 Å². The van der Waals surface area contributed by atoms with Crippen LogP contribution in [0.15, 0.2) is 42.7 Å². The van der Waals surface area contributed by atoms with Crippen molar-refractivity contribution < 1.29 is 19.0 Å². The Morgan fingerprint density at radius 3 is 2.63 bits per heavy atom. The predicted molar refractivity (Wildman–Crippen MR) is 109 cm³/mol. The molecule has 2 aliphatic rings. The second kappa shape index (κ2) is 7.70. The lowest BCUT2D eigenvalue weighted by molar-refractivity contribution is -0.00461. The molecule has 2 fully saturated rings. The molecular formula is C22H24N4O4. The molecule has 2 saturated heterocycles. The fraction of sp³-hybridized carbons (Fsp3) is 0.409. The van der Waals surface area contributed by atoms with E-state index in [0.717, 1.165) is 22.2 Å². The van der Waals surface area contributed by atoms with Crippen LogP contribution in [0.5, 0.6) is 5.75 Å². The van der Waals surface area contributed by atoms with E-state index in [1.807, 2.05) is 50.5 Å². The molecule has 2 aliphatic heterocycles. The van der Waals surface area contributed by atoms with E-state index in [1.54, 1.807) is 15.8 Å². The molecule has 8 heteroatoms. The van der Waals surface area contributed by atoms with Gasteiger partial charge in [0.05, 0.1) is 13.2 Å². The molecule has 0 N–H and O–H groups in total. The number of fused-ring (bicyclic) bond motifs is 2. The summed E-state index contributed by atoms with van der Waals surface area (Å²) < 4.78 is 20.1. The number of rotatable bonds is 3. The largest absolute Gasteiger partial charge is 0.485 e. The molecule has 0 saturated carbocycles. The Kier molecular flexibility index (Phi) is 4.88. The molecule has 4 heterocycles. The quantitative estimate of drug-likeness (QED) is 0.659. The van der Waals surface area contributed by atoms with Gasteiger partial charge in [-0.1, -0.05) is 12.1 Å². The molecule has 2 atom stereocenters. The van der Waals surface area contributed by atoms with Gasteiger partial charge in [-0.25, -0.2) is 0 Å². The van der Waals surface area contributed by atoms with E-state index >= 15 is 0 Å². The highest BCUT2D eigenvalue weighted by molar-refractivity contribution is 5.92. The monoisotopic (exact) mass is 408 g/mol. The normalized spacial score (nSPS) is 22.1. The predicted octanol–water partition coefficient (Wildman–Crippen LogP) is 1.96. The van der Waals surface area contributed by atoms with Gasteiger partial charge in [0.15, 0.2) is 5.69 Å². The maximum atomic E-state index is 12.8. The van der Waals surface area contributed by atoms with Gasteiger partial charge in [0.25, 0.3) is 5.91 Å². The Hall–Kier alpha value is -2.97. The lowest BCUT2D eigenvalue weighted by Crippen LogP contribution is -2.33. The highest BCUT2D eigenvalue weighted by Crippen LogP contribution is 2.27. The first kappa shape index (κ1) is 19.0. The van der Waals surface area contributed by atoms with E-state index < -0.39 is 0 Å². The summed E-state index contributed by atoms with van der Waals surface area (Å²) in [5.74, 6) is 0.706. The average Bonchev–Trinajstić information content (AvgIpc) is 3.27. The summed E-state index contributed by atoms with van der Waals surface area (Å²) in [4.78, 5) is 18.7. The minimum Gasteiger partial charge on any atom is -0.485 e. The molecule has 156 valence electrons. The number of carbonyl (C=O) groups is 1. The Labute approximate surface area is 174 Å². The standard InChI is InChI=1S/C22H24N4O4/c1-14-8-18(24-25(14)2)22(27)26-10-20-21(11-26)29-13-16(12-28-20)30-19-5-3-4-15-9-23-7-6-17(15)19/h3-9,16,20-21H,10-13H2,1-2H3/t20-,21-/m0/s1. The molecule has 1 amide bonds. The molecule has 0 radical (unpaired) electrons. The molecule has 8 nitrogen and oxygen atoms in total. The lowest BCUT2D eigenvalue weighted by atomic mass is 10.1. The fourth-order valence-corrected chi connectivity index (χ4v) is 4.01. The summed E-state index contributed by atoms with van der Waals surface area (Å²) in [6.45, 7) is 3.73. The van der Waals surface area contributed by atoms with Gasteiger partial charge in [-0.2, -0.15) is 5.10 Å². The first-order valence-corrected chi connectivity index (χ1v) is 10.1. The molecule has 0 spiro atoms. The number of hydrogen-bond donors (Lipinski definition) is 0. The number of ether oxygens (including phenoxy) is 3. The number of pyridine rings is 1. The zero-order chi connectivity index (χ0) is 20.7. The van der Waals surface area contributed by atoms with E-state index in [1.165, 1.54) is 0 Å². The van der Waals surface area contributed by atoms with Crippen LogP contribution in [0.1, 0.15) is 16.2 Å². The van der Waals surface area contributed by atoms with Crippen LogP contribution < -0.4 is 4.74 Å². The van der Waals surface area contributed by atoms with Gasteiger partial charge in [-0.05, 0) is 25.1 Å². The molecule has 30 heavy (non-hydrogen) atoms. The summed E-state index contributed by atoms with van der Waals surface area (Å²) in [6.07, 6.45) is 3.04. The van der Waals surface area contributed by atoms with Crippen LogP contribution >= 0.6 is 0 Å². The first-order valence-electron chi connectivity index (χ1n) is 10.1. The number of aryl methyl sites for hydroxylation is 2. The van der Waals surface area contributed by atoms with Crippen LogP contribution in [0.4, 0.5) is 0 Å². The molecule has 5 rings (SSSR count). The third kappa shape index (κ3) is 3.53. The van der Waals surface area contributed by atoms with Crippen LogP contribution in [-0.4, -0.2) is 70.2 Å². The van der Waals surface area contributed by atoms with E-state index in [2.05, 4.69) is 10.1 Å². The molecule has 0 aliphatic carbocycles. The molecule has 3 aromatic rings. The first-order chi connectivity index (χ1) is 14.6. The number of amides is 1. The number of likely N-dealkylation sites (tertiary alicyclic amines) is 1. The second-order valence-electron chi connectivity index (χ2n) is 7.84. The van der Waals surface area contributed by atoms with Crippen molar-refractivity contribution in [3.63, 3.8) is 0 Å². The van der Waals surface area contributed by atoms with Gasteiger partial charge in [-0.3, -0.25) is 14.5 Å². The van der Waals surface area contributed by atoms with E-state index in [-0.39, 0.29) is 24.2 Å². The van der Waals surface area contributed by atoms with Crippen molar-refractivity contribution >= 4 is 16.7 Å². The highest BCUT2D eigenvalue weighted by atomic mass is 16.6. The Balaban J connectivity index is 1.23. The van der Waals surface area contributed by atoms with Crippen LogP contribution in [0, 0.1) is 6.92 Å². The van der Waals surface area contributed by atoms with E-state index in [4.69, 9.17) is 14.2 Å². The zero-order valence-electron chi connectivity index (χ0n) is 17.0. The zero-order valence-corrected chi connectivity index (χ0v) is 17.0. The number of hydrogen-bond acceptors (Lipinski definition) is 6. The topological polar surface area (TPSA) is 78.7 Å². The second-order valence-corrected chi connectivity index (χ2v) is 7.84. The summed E-state index contributed by atoms with van der Waals surface area (Å²) in [5, 5.41) is 6.34. The van der Waals surface area contributed by atoms with Crippen molar-refractivity contribution in [3.8, 4) is 5.75 Å². The highest BCUT2D eigenvalue weighted by Gasteiger charge is 2.40. The van der Waals surface area contributed by atoms with E-state index in [0.29, 0.717) is 32.0 Å². The van der Waals surface area contributed by atoms with Crippen molar-refractivity contribution in [2.24, 2.45) is 7.05 Å². The minimum absolute atomic E-state index is 0.0869. The molecule has 2 aromatic heterocycles. The Bertz CT molecular complexity index is 1040. The summed E-state index contributed by atoms with van der Waals surface area (Å²) in [7, 11) is 1.83. The van der Waals surface area contributed by atoms with Crippen LogP contribution in [0.25, 0.3) is 10.8 Å². The van der Waals surface area contributed by atoms with Gasteiger partial charge < -0.3 is 19.1 Å². The van der Waals surface area contributed by atoms with Crippen molar-refractivity contribution in [3.05, 3.63) is 54.1 Å².